The van der Waals surface area contributed by atoms with E-state index in [0.717, 1.165) is 37.2 Å². The van der Waals surface area contributed by atoms with Crippen molar-refractivity contribution >= 4 is 17.2 Å². The van der Waals surface area contributed by atoms with Gasteiger partial charge >= 0.3 is 0 Å². The van der Waals surface area contributed by atoms with Crippen molar-refractivity contribution in [1.29, 1.82) is 0 Å². The molecule has 2 heterocycles. The van der Waals surface area contributed by atoms with E-state index in [0.29, 0.717) is 12.6 Å². The van der Waals surface area contributed by atoms with Gasteiger partial charge in [0.25, 0.3) is 5.91 Å². The van der Waals surface area contributed by atoms with Gasteiger partial charge in [-0.3, -0.25) is 9.69 Å². The van der Waals surface area contributed by atoms with E-state index in [4.69, 9.17) is 0 Å². The molecular weight excluding hydrogens is 316 g/mol. The van der Waals surface area contributed by atoms with Crippen LogP contribution in [0.15, 0.2) is 30.3 Å². The van der Waals surface area contributed by atoms with E-state index >= 15 is 0 Å². The zero-order chi connectivity index (χ0) is 16.5. The summed E-state index contributed by atoms with van der Waals surface area (Å²) in [6, 6.07) is 11.1. The molecule has 1 N–H and O–H groups in total. The summed E-state index contributed by atoms with van der Waals surface area (Å²) in [6.45, 7) is 4.98. The molecule has 2 aliphatic rings. The van der Waals surface area contributed by atoms with Crippen molar-refractivity contribution in [2.45, 2.75) is 45.2 Å². The number of hydrogen-bond donors (Lipinski definition) is 1. The van der Waals surface area contributed by atoms with Gasteiger partial charge in [-0.2, -0.15) is 0 Å². The van der Waals surface area contributed by atoms with Crippen molar-refractivity contribution in [2.75, 3.05) is 13.1 Å². The quantitative estimate of drug-likeness (QED) is 0.925. The minimum atomic E-state index is 0.0960. The molecule has 1 aromatic carbocycles. The summed E-state index contributed by atoms with van der Waals surface area (Å²) in [5, 5.41) is 3.14. The monoisotopic (exact) mass is 340 g/mol. The first-order valence-corrected chi connectivity index (χ1v) is 9.73. The van der Waals surface area contributed by atoms with Crippen LogP contribution < -0.4 is 5.32 Å². The number of carbonyl (C=O) groups excluding carboxylic acids is 1. The maximum Gasteiger partial charge on any atom is 0.261 e. The van der Waals surface area contributed by atoms with Crippen LogP contribution in [0.4, 0.5) is 0 Å². The van der Waals surface area contributed by atoms with Crippen LogP contribution >= 0.6 is 11.3 Å². The van der Waals surface area contributed by atoms with Gasteiger partial charge in [0.15, 0.2) is 0 Å². The number of nitrogens with one attached hydrogen (secondary N) is 1. The highest BCUT2D eigenvalue weighted by Crippen LogP contribution is 2.30. The van der Waals surface area contributed by atoms with Crippen molar-refractivity contribution in [3.63, 3.8) is 0 Å². The smallest absolute Gasteiger partial charge is 0.261 e. The molecule has 1 amide bonds. The van der Waals surface area contributed by atoms with Crippen molar-refractivity contribution in [2.24, 2.45) is 0 Å². The second-order valence-corrected chi connectivity index (χ2v) is 8.10. The molecule has 2 aromatic rings. The number of fused-ring (bicyclic) bond motifs is 2. The first-order chi connectivity index (χ1) is 11.7. The third-order valence-electron chi connectivity index (χ3n) is 5.31. The Hall–Kier alpha value is -1.65. The highest BCUT2D eigenvalue weighted by molar-refractivity contribution is 7.14. The lowest BCUT2D eigenvalue weighted by Crippen LogP contribution is -2.44. The van der Waals surface area contributed by atoms with E-state index in [-0.39, 0.29) is 5.91 Å². The highest BCUT2D eigenvalue weighted by Gasteiger charge is 2.22. The SMILES string of the molecule is CC(CNC(=O)c1cc2c(s1)CCC2)N1CCc2ccccc2C1. The number of benzene rings is 1. The van der Waals surface area contributed by atoms with Gasteiger partial charge in [-0.1, -0.05) is 24.3 Å². The van der Waals surface area contributed by atoms with Gasteiger partial charge in [-0.25, -0.2) is 0 Å². The molecule has 1 aliphatic heterocycles. The summed E-state index contributed by atoms with van der Waals surface area (Å²) in [5.41, 5.74) is 4.29. The molecule has 3 nitrogen and oxygen atoms in total. The number of carbonyl (C=O) groups is 1. The summed E-state index contributed by atoms with van der Waals surface area (Å²) < 4.78 is 0. The standard InChI is InChI=1S/C20H24N2OS/c1-14(22-10-9-15-5-2-3-6-17(15)13-22)12-21-20(23)19-11-16-7-4-8-18(16)24-19/h2-3,5-6,11,14H,4,7-10,12-13H2,1H3,(H,21,23). The fourth-order valence-corrected chi connectivity index (χ4v) is 4.96. The van der Waals surface area contributed by atoms with Gasteiger partial charge in [-0.15, -0.1) is 11.3 Å². The summed E-state index contributed by atoms with van der Waals surface area (Å²) >= 11 is 1.68. The van der Waals surface area contributed by atoms with Crippen LogP contribution in [0.1, 0.15) is 44.6 Å². The lowest BCUT2D eigenvalue weighted by atomic mass is 9.99. The summed E-state index contributed by atoms with van der Waals surface area (Å²) in [5.74, 6) is 0.0960. The fourth-order valence-electron chi connectivity index (χ4n) is 3.79. The maximum absolute atomic E-state index is 12.4. The van der Waals surface area contributed by atoms with Gasteiger partial charge < -0.3 is 5.32 Å². The van der Waals surface area contributed by atoms with E-state index < -0.39 is 0 Å². The molecule has 0 bridgehead atoms. The zero-order valence-electron chi connectivity index (χ0n) is 14.2. The summed E-state index contributed by atoms with van der Waals surface area (Å²) in [4.78, 5) is 17.2. The molecule has 1 atom stereocenters. The molecule has 0 saturated heterocycles. The first kappa shape index (κ1) is 15.9. The Bertz CT molecular complexity index is 730. The normalized spacial score (nSPS) is 18.0. The Balaban J connectivity index is 1.33. The van der Waals surface area contributed by atoms with Gasteiger partial charge in [0, 0.05) is 30.6 Å². The van der Waals surface area contributed by atoms with Crippen LogP contribution in [-0.2, 0) is 25.8 Å². The predicted octanol–water partition coefficient (Wildman–Crippen LogP) is 3.41. The molecule has 4 rings (SSSR count). The van der Waals surface area contributed by atoms with E-state index in [9.17, 15) is 4.79 Å². The van der Waals surface area contributed by atoms with E-state index in [1.807, 2.05) is 0 Å². The predicted molar refractivity (Wildman–Crippen MR) is 98.7 cm³/mol. The molecule has 24 heavy (non-hydrogen) atoms. The molecular formula is C20H24N2OS. The summed E-state index contributed by atoms with van der Waals surface area (Å²) in [7, 11) is 0. The Morgan fingerprint density at radius 2 is 2.04 bits per heavy atom. The third-order valence-corrected chi connectivity index (χ3v) is 6.55. The van der Waals surface area contributed by atoms with E-state index in [1.165, 1.54) is 28.0 Å². The lowest BCUT2D eigenvalue weighted by Gasteiger charge is -2.33. The second kappa shape index (κ2) is 6.69. The molecule has 0 saturated carbocycles. The second-order valence-electron chi connectivity index (χ2n) is 6.96. The van der Waals surface area contributed by atoms with Gasteiger partial charge in [0.1, 0.15) is 0 Å². The number of amides is 1. The van der Waals surface area contributed by atoms with Gasteiger partial charge in [0.2, 0.25) is 0 Å². The van der Waals surface area contributed by atoms with E-state index in [1.54, 1.807) is 11.3 Å². The number of nitrogens with zero attached hydrogens (tertiary/aromatic N) is 1. The van der Waals surface area contributed by atoms with Crippen molar-refractivity contribution < 1.29 is 4.79 Å². The number of thiophene rings is 1. The Morgan fingerprint density at radius 3 is 2.88 bits per heavy atom. The van der Waals surface area contributed by atoms with Crippen LogP contribution in [0.5, 0.6) is 0 Å². The van der Waals surface area contributed by atoms with Gasteiger partial charge in [0.05, 0.1) is 4.88 Å². The summed E-state index contributed by atoms with van der Waals surface area (Å²) in [6.07, 6.45) is 4.64. The largest absolute Gasteiger partial charge is 0.350 e. The fraction of sp³-hybridized carbons (Fsp3) is 0.450. The van der Waals surface area contributed by atoms with Crippen molar-refractivity contribution in [3.05, 3.63) is 56.8 Å². The van der Waals surface area contributed by atoms with Gasteiger partial charge in [-0.05, 0) is 55.4 Å². The Kier molecular flexibility index (Phi) is 4.42. The molecule has 0 radical (unpaired) electrons. The molecule has 1 aliphatic carbocycles. The number of aryl methyl sites for hydroxylation is 2. The van der Waals surface area contributed by atoms with Crippen LogP contribution in [0.3, 0.4) is 0 Å². The van der Waals surface area contributed by atoms with Crippen molar-refractivity contribution in [3.8, 4) is 0 Å². The number of hydrogen-bond acceptors (Lipinski definition) is 3. The molecule has 0 fully saturated rings. The minimum Gasteiger partial charge on any atom is -0.350 e. The van der Waals surface area contributed by atoms with Crippen LogP contribution in [-0.4, -0.2) is 29.9 Å². The Labute approximate surface area is 147 Å². The molecule has 4 heteroatoms. The topological polar surface area (TPSA) is 32.3 Å². The lowest BCUT2D eigenvalue weighted by molar-refractivity contribution is 0.0936. The molecule has 126 valence electrons. The minimum absolute atomic E-state index is 0.0960. The van der Waals surface area contributed by atoms with Crippen LogP contribution in [0.25, 0.3) is 0 Å². The van der Waals surface area contributed by atoms with Crippen LogP contribution in [0, 0.1) is 0 Å². The molecule has 1 aromatic heterocycles. The molecule has 1 unspecified atom stereocenters. The highest BCUT2D eigenvalue weighted by atomic mass is 32.1. The van der Waals surface area contributed by atoms with E-state index in [2.05, 4.69) is 47.5 Å². The first-order valence-electron chi connectivity index (χ1n) is 8.91. The van der Waals surface area contributed by atoms with Crippen molar-refractivity contribution in [1.82, 2.24) is 10.2 Å². The average Bonchev–Trinajstić information content (AvgIpc) is 3.21. The zero-order valence-corrected chi connectivity index (χ0v) is 15.0. The third kappa shape index (κ3) is 3.13. The van der Waals surface area contributed by atoms with Crippen LogP contribution in [0.2, 0.25) is 0 Å². The average molecular weight is 340 g/mol. The molecule has 0 spiro atoms. The maximum atomic E-state index is 12.4. The Morgan fingerprint density at radius 1 is 1.21 bits per heavy atom. The number of rotatable bonds is 4.